The van der Waals surface area contributed by atoms with Crippen molar-refractivity contribution in [1.29, 1.82) is 0 Å². The van der Waals surface area contributed by atoms with Gasteiger partial charge in [0.2, 0.25) is 0 Å². The van der Waals surface area contributed by atoms with Crippen LogP contribution in [0.15, 0.2) is 103 Å². The zero-order valence-electron chi connectivity index (χ0n) is 18.5. The van der Waals surface area contributed by atoms with Crippen LogP contribution >= 0.6 is 0 Å². The summed E-state index contributed by atoms with van der Waals surface area (Å²) in [5.74, 6) is 0.943. The number of amides is 1. The molecule has 0 spiro atoms. The minimum Gasteiger partial charge on any atom is -0.322 e. The topological polar surface area (TPSA) is 46.9 Å². The molecule has 0 saturated carbocycles. The summed E-state index contributed by atoms with van der Waals surface area (Å²) in [5, 5.41) is 2.97. The first-order chi connectivity index (χ1) is 16.2. The predicted octanol–water partition coefficient (Wildman–Crippen LogP) is 6.37. The maximum Gasteiger partial charge on any atom is 0.255 e. The van der Waals surface area contributed by atoms with E-state index < -0.39 is 0 Å². The van der Waals surface area contributed by atoms with Crippen molar-refractivity contribution in [2.24, 2.45) is 0 Å². The van der Waals surface area contributed by atoms with E-state index >= 15 is 0 Å². The van der Waals surface area contributed by atoms with E-state index in [-0.39, 0.29) is 5.91 Å². The molecule has 0 aliphatic rings. The van der Waals surface area contributed by atoms with Crippen LogP contribution in [0.4, 0.5) is 5.69 Å². The number of rotatable bonds is 6. The third-order valence-electron chi connectivity index (χ3n) is 5.81. The number of imidazole rings is 1. The first kappa shape index (κ1) is 20.7. The van der Waals surface area contributed by atoms with Crippen molar-refractivity contribution in [2.75, 3.05) is 5.32 Å². The van der Waals surface area contributed by atoms with E-state index in [1.165, 1.54) is 5.56 Å². The normalized spacial score (nSPS) is 10.9. The molecule has 33 heavy (non-hydrogen) atoms. The number of benzene rings is 4. The van der Waals surface area contributed by atoms with Crippen LogP contribution in [0.1, 0.15) is 27.3 Å². The van der Waals surface area contributed by atoms with Gasteiger partial charge in [-0.15, -0.1) is 0 Å². The standard InChI is InChI=1S/C29H25N3O/c1-21-11-16-23(17-12-21)29(33)30-24-18-13-22(14-19-24)15-20-28-31-26-9-5-6-10-27(26)32(28)25-7-3-2-4-8-25/h2-14,16-19H,15,20H2,1H3,(H,30,33). The molecule has 162 valence electrons. The Bertz CT molecular complexity index is 1390. The number of hydrogen-bond donors (Lipinski definition) is 1. The second kappa shape index (κ2) is 9.13. The smallest absolute Gasteiger partial charge is 0.255 e. The lowest BCUT2D eigenvalue weighted by Gasteiger charge is -2.10. The van der Waals surface area contributed by atoms with Gasteiger partial charge in [0.05, 0.1) is 11.0 Å². The van der Waals surface area contributed by atoms with Crippen molar-refractivity contribution >= 4 is 22.6 Å². The molecule has 0 radical (unpaired) electrons. The molecule has 0 aliphatic heterocycles. The highest BCUT2D eigenvalue weighted by atomic mass is 16.1. The van der Waals surface area contributed by atoms with Gasteiger partial charge in [0.25, 0.3) is 5.91 Å². The summed E-state index contributed by atoms with van der Waals surface area (Å²) in [4.78, 5) is 17.4. The molecule has 0 aliphatic carbocycles. The highest BCUT2D eigenvalue weighted by Crippen LogP contribution is 2.23. The third kappa shape index (κ3) is 4.55. The van der Waals surface area contributed by atoms with Gasteiger partial charge in [-0.05, 0) is 67.4 Å². The molecule has 0 fully saturated rings. The second-order valence-electron chi connectivity index (χ2n) is 8.20. The molecule has 0 unspecified atom stereocenters. The van der Waals surface area contributed by atoms with Crippen LogP contribution in [0, 0.1) is 6.92 Å². The Kier molecular flexibility index (Phi) is 5.73. The van der Waals surface area contributed by atoms with Crippen molar-refractivity contribution in [3.8, 4) is 5.69 Å². The minimum absolute atomic E-state index is 0.0978. The zero-order valence-corrected chi connectivity index (χ0v) is 18.5. The van der Waals surface area contributed by atoms with E-state index in [1.807, 2.05) is 55.5 Å². The Morgan fingerprint density at radius 3 is 2.24 bits per heavy atom. The van der Waals surface area contributed by atoms with Crippen molar-refractivity contribution in [3.05, 3.63) is 126 Å². The molecular formula is C29H25N3O. The number of hydrogen-bond acceptors (Lipinski definition) is 2. The van der Waals surface area contributed by atoms with Gasteiger partial charge >= 0.3 is 0 Å². The molecule has 1 heterocycles. The Labute approximate surface area is 193 Å². The van der Waals surface area contributed by atoms with Gasteiger partial charge in [-0.2, -0.15) is 0 Å². The number of nitrogens with one attached hydrogen (secondary N) is 1. The van der Waals surface area contributed by atoms with E-state index in [2.05, 4.69) is 64.5 Å². The monoisotopic (exact) mass is 431 g/mol. The maximum absolute atomic E-state index is 12.5. The minimum atomic E-state index is -0.0978. The number of fused-ring (bicyclic) bond motifs is 1. The molecule has 1 amide bonds. The maximum atomic E-state index is 12.5. The van der Waals surface area contributed by atoms with Gasteiger partial charge < -0.3 is 5.32 Å². The highest BCUT2D eigenvalue weighted by Gasteiger charge is 2.12. The number of nitrogens with zero attached hydrogens (tertiary/aromatic N) is 2. The lowest BCUT2D eigenvalue weighted by Crippen LogP contribution is -2.11. The lowest BCUT2D eigenvalue weighted by atomic mass is 10.1. The molecule has 0 atom stereocenters. The van der Waals surface area contributed by atoms with E-state index in [9.17, 15) is 4.79 Å². The zero-order chi connectivity index (χ0) is 22.6. The quantitative estimate of drug-likeness (QED) is 0.339. The van der Waals surface area contributed by atoms with Gasteiger partial charge in [0, 0.05) is 23.4 Å². The summed E-state index contributed by atoms with van der Waals surface area (Å²) < 4.78 is 2.24. The molecule has 1 aromatic heterocycles. The number of para-hydroxylation sites is 3. The van der Waals surface area contributed by atoms with Crippen LogP contribution in [0.2, 0.25) is 0 Å². The Morgan fingerprint density at radius 1 is 0.788 bits per heavy atom. The number of anilines is 1. The summed E-state index contributed by atoms with van der Waals surface area (Å²) in [5.41, 5.74) is 7.03. The number of aryl methyl sites for hydroxylation is 3. The summed E-state index contributed by atoms with van der Waals surface area (Å²) in [6, 6.07) is 34.3. The van der Waals surface area contributed by atoms with Crippen LogP contribution in [-0.2, 0) is 12.8 Å². The van der Waals surface area contributed by atoms with E-state index in [1.54, 1.807) is 0 Å². The van der Waals surface area contributed by atoms with E-state index in [0.717, 1.165) is 46.6 Å². The van der Waals surface area contributed by atoms with Crippen LogP contribution in [-0.4, -0.2) is 15.5 Å². The van der Waals surface area contributed by atoms with Gasteiger partial charge in [0.1, 0.15) is 5.82 Å². The van der Waals surface area contributed by atoms with Gasteiger partial charge in [-0.3, -0.25) is 9.36 Å². The van der Waals surface area contributed by atoms with Crippen molar-refractivity contribution in [2.45, 2.75) is 19.8 Å². The Balaban J connectivity index is 1.31. The molecule has 4 nitrogen and oxygen atoms in total. The summed E-state index contributed by atoms with van der Waals surface area (Å²) in [6.45, 7) is 2.01. The van der Waals surface area contributed by atoms with E-state index in [4.69, 9.17) is 4.98 Å². The van der Waals surface area contributed by atoms with Crippen molar-refractivity contribution < 1.29 is 4.79 Å². The fourth-order valence-corrected chi connectivity index (χ4v) is 4.03. The van der Waals surface area contributed by atoms with Crippen molar-refractivity contribution in [1.82, 2.24) is 9.55 Å². The Hall–Kier alpha value is -4.18. The third-order valence-corrected chi connectivity index (χ3v) is 5.81. The molecule has 1 N–H and O–H groups in total. The first-order valence-electron chi connectivity index (χ1n) is 11.2. The number of aromatic nitrogens is 2. The molecule has 0 bridgehead atoms. The molecule has 4 aromatic carbocycles. The highest BCUT2D eigenvalue weighted by molar-refractivity contribution is 6.04. The number of carbonyl (C=O) groups excluding carboxylic acids is 1. The molecule has 5 aromatic rings. The summed E-state index contributed by atoms with van der Waals surface area (Å²) in [7, 11) is 0. The molecule has 0 saturated heterocycles. The van der Waals surface area contributed by atoms with Crippen LogP contribution in [0.5, 0.6) is 0 Å². The van der Waals surface area contributed by atoms with Crippen LogP contribution < -0.4 is 5.32 Å². The van der Waals surface area contributed by atoms with Gasteiger partial charge in [-0.25, -0.2) is 4.98 Å². The predicted molar refractivity (Wildman–Crippen MR) is 134 cm³/mol. The van der Waals surface area contributed by atoms with Gasteiger partial charge in [0.15, 0.2) is 0 Å². The number of carbonyl (C=O) groups is 1. The largest absolute Gasteiger partial charge is 0.322 e. The fraction of sp³-hybridized carbons (Fsp3) is 0.103. The molecular weight excluding hydrogens is 406 g/mol. The SMILES string of the molecule is Cc1ccc(C(=O)Nc2ccc(CCc3nc4ccccc4n3-c3ccccc3)cc2)cc1. The van der Waals surface area contributed by atoms with E-state index in [0.29, 0.717) is 5.56 Å². The molecule has 4 heteroatoms. The first-order valence-corrected chi connectivity index (χ1v) is 11.2. The summed E-state index contributed by atoms with van der Waals surface area (Å²) >= 11 is 0. The van der Waals surface area contributed by atoms with Crippen LogP contribution in [0.25, 0.3) is 16.7 Å². The average molecular weight is 432 g/mol. The average Bonchev–Trinajstić information content (AvgIpc) is 3.23. The fourth-order valence-electron chi connectivity index (χ4n) is 4.03. The van der Waals surface area contributed by atoms with Gasteiger partial charge in [-0.1, -0.05) is 60.2 Å². The summed E-state index contributed by atoms with van der Waals surface area (Å²) in [6.07, 6.45) is 1.68. The molecule has 5 rings (SSSR count). The lowest BCUT2D eigenvalue weighted by molar-refractivity contribution is 0.102. The van der Waals surface area contributed by atoms with Crippen molar-refractivity contribution in [3.63, 3.8) is 0 Å². The second-order valence-corrected chi connectivity index (χ2v) is 8.20. The Morgan fingerprint density at radius 2 is 1.48 bits per heavy atom. The van der Waals surface area contributed by atoms with Crippen LogP contribution in [0.3, 0.4) is 0 Å².